The highest BCUT2D eigenvalue weighted by atomic mass is 16.6. The van der Waals surface area contributed by atoms with Gasteiger partial charge in [0.05, 0.1) is 25.0 Å². The number of rotatable bonds is 8. The van der Waals surface area contributed by atoms with Crippen LogP contribution in [0.3, 0.4) is 0 Å². The maximum atomic E-state index is 11.6. The molecule has 0 unspecified atom stereocenters. The minimum atomic E-state index is -1.27. The molecule has 0 bridgehead atoms. The molecule has 0 aliphatic heterocycles. The molecular weight excluding hydrogens is 368 g/mol. The Morgan fingerprint density at radius 3 is 2.43 bits per heavy atom. The van der Waals surface area contributed by atoms with Crippen LogP contribution < -0.4 is 20.1 Å². The highest BCUT2D eigenvalue weighted by Gasteiger charge is 2.18. The van der Waals surface area contributed by atoms with E-state index in [0.717, 1.165) is 0 Å². The standard InChI is InChI=1S/C19H24N2O7/c1-6-16(22)21-13-11-14(26-5)15(10-12(13)17(23)24)27-9-7-8-20-18(25)28-19(2,3)4/h1,10-11H,7-9H2,2-5H3,(H,20,25)(H,21,22)(H,23,24). The number of hydrogen-bond acceptors (Lipinski definition) is 6. The zero-order valence-electron chi connectivity index (χ0n) is 16.3. The topological polar surface area (TPSA) is 123 Å². The molecule has 0 radical (unpaired) electrons. The first-order valence-electron chi connectivity index (χ1n) is 8.40. The van der Waals surface area contributed by atoms with Crippen molar-refractivity contribution in [2.75, 3.05) is 25.6 Å². The summed E-state index contributed by atoms with van der Waals surface area (Å²) in [6.07, 6.45) is 4.90. The lowest BCUT2D eigenvalue weighted by molar-refractivity contribution is -0.111. The summed E-state index contributed by atoms with van der Waals surface area (Å²) < 4.78 is 15.8. The first-order valence-corrected chi connectivity index (χ1v) is 8.40. The third-order valence-electron chi connectivity index (χ3n) is 3.16. The summed E-state index contributed by atoms with van der Waals surface area (Å²) in [6.45, 7) is 5.77. The fraction of sp³-hybridized carbons (Fsp3) is 0.421. The monoisotopic (exact) mass is 392 g/mol. The first-order chi connectivity index (χ1) is 13.1. The molecule has 9 nitrogen and oxygen atoms in total. The molecular formula is C19H24N2O7. The van der Waals surface area contributed by atoms with E-state index in [4.69, 9.17) is 20.6 Å². The Kier molecular flexibility index (Phi) is 8.13. The van der Waals surface area contributed by atoms with Gasteiger partial charge in [0, 0.05) is 18.7 Å². The summed E-state index contributed by atoms with van der Waals surface area (Å²) in [5.41, 5.74) is -0.796. The molecule has 152 valence electrons. The van der Waals surface area contributed by atoms with E-state index in [1.807, 2.05) is 5.92 Å². The van der Waals surface area contributed by atoms with Crippen LogP contribution in [0.2, 0.25) is 0 Å². The van der Waals surface area contributed by atoms with Crippen LogP contribution in [0.15, 0.2) is 12.1 Å². The fourth-order valence-corrected chi connectivity index (χ4v) is 2.03. The van der Waals surface area contributed by atoms with Crippen molar-refractivity contribution >= 4 is 23.7 Å². The number of carboxylic acid groups (broad SMARTS) is 1. The SMILES string of the molecule is C#CC(=O)Nc1cc(OC)c(OCCCNC(=O)OC(C)(C)C)cc1C(=O)O. The molecule has 0 atom stereocenters. The van der Waals surface area contributed by atoms with Crippen LogP contribution in [0.1, 0.15) is 37.6 Å². The number of nitrogens with one attached hydrogen (secondary N) is 2. The summed E-state index contributed by atoms with van der Waals surface area (Å²) in [6, 6.07) is 2.54. The van der Waals surface area contributed by atoms with E-state index < -0.39 is 23.6 Å². The van der Waals surface area contributed by atoms with Gasteiger partial charge in [0.2, 0.25) is 0 Å². The van der Waals surface area contributed by atoms with Crippen LogP contribution in [-0.2, 0) is 9.53 Å². The van der Waals surface area contributed by atoms with Crippen molar-refractivity contribution in [2.45, 2.75) is 32.8 Å². The van der Waals surface area contributed by atoms with Gasteiger partial charge in [0.25, 0.3) is 5.91 Å². The Morgan fingerprint density at radius 2 is 1.89 bits per heavy atom. The number of amides is 2. The molecule has 2 amide bonds. The predicted octanol–water partition coefficient (Wildman–Crippen LogP) is 2.26. The summed E-state index contributed by atoms with van der Waals surface area (Å²) in [4.78, 5) is 34.4. The number of hydrogen-bond donors (Lipinski definition) is 3. The second-order valence-electron chi connectivity index (χ2n) is 6.58. The number of aromatic carboxylic acids is 1. The Morgan fingerprint density at radius 1 is 1.21 bits per heavy atom. The Hall–Kier alpha value is -3.41. The Labute approximate surface area is 163 Å². The molecule has 0 aliphatic rings. The van der Waals surface area contributed by atoms with Crippen molar-refractivity contribution in [2.24, 2.45) is 0 Å². The van der Waals surface area contributed by atoms with E-state index in [0.29, 0.717) is 13.0 Å². The van der Waals surface area contributed by atoms with E-state index in [-0.39, 0.29) is 29.4 Å². The van der Waals surface area contributed by atoms with Gasteiger partial charge in [-0.2, -0.15) is 0 Å². The molecule has 0 aliphatic carbocycles. The van der Waals surface area contributed by atoms with Crippen LogP contribution >= 0.6 is 0 Å². The molecule has 1 rings (SSSR count). The lowest BCUT2D eigenvalue weighted by Gasteiger charge is -2.19. The van der Waals surface area contributed by atoms with Crippen LogP contribution in [-0.4, -0.2) is 48.9 Å². The molecule has 1 aromatic rings. The quantitative estimate of drug-likeness (QED) is 0.458. The summed E-state index contributed by atoms with van der Waals surface area (Å²) in [7, 11) is 1.37. The molecule has 28 heavy (non-hydrogen) atoms. The number of methoxy groups -OCH3 is 1. The number of benzene rings is 1. The van der Waals surface area contributed by atoms with Gasteiger partial charge in [-0.25, -0.2) is 9.59 Å². The van der Waals surface area contributed by atoms with Gasteiger partial charge in [-0.3, -0.25) is 4.79 Å². The molecule has 0 saturated carbocycles. The number of anilines is 1. The third kappa shape index (κ3) is 7.45. The van der Waals surface area contributed by atoms with Gasteiger partial charge in [-0.15, -0.1) is 6.42 Å². The normalized spacial score (nSPS) is 10.4. The van der Waals surface area contributed by atoms with Gasteiger partial charge in [-0.05, 0) is 33.1 Å². The van der Waals surface area contributed by atoms with Gasteiger partial charge >= 0.3 is 12.1 Å². The smallest absolute Gasteiger partial charge is 0.407 e. The number of ether oxygens (including phenoxy) is 3. The van der Waals surface area contributed by atoms with Crippen molar-refractivity contribution < 1.29 is 33.7 Å². The number of carbonyl (C=O) groups excluding carboxylic acids is 2. The minimum absolute atomic E-state index is 0.00811. The van der Waals surface area contributed by atoms with Crippen molar-refractivity contribution in [3.63, 3.8) is 0 Å². The minimum Gasteiger partial charge on any atom is -0.493 e. The Balaban J connectivity index is 2.74. The van der Waals surface area contributed by atoms with E-state index in [2.05, 4.69) is 10.6 Å². The Bertz CT molecular complexity index is 776. The summed E-state index contributed by atoms with van der Waals surface area (Å²) in [5, 5.41) is 14.2. The number of alkyl carbamates (subject to hydrolysis) is 1. The van der Waals surface area contributed by atoms with Crippen LogP contribution in [0.25, 0.3) is 0 Å². The highest BCUT2D eigenvalue weighted by molar-refractivity contribution is 6.07. The maximum Gasteiger partial charge on any atom is 0.407 e. The van der Waals surface area contributed by atoms with Crippen molar-refractivity contribution in [3.8, 4) is 23.8 Å². The third-order valence-corrected chi connectivity index (χ3v) is 3.16. The number of terminal acetylenes is 1. The van der Waals surface area contributed by atoms with Crippen LogP contribution in [0.5, 0.6) is 11.5 Å². The first kappa shape index (κ1) is 22.6. The van der Waals surface area contributed by atoms with Gasteiger partial charge in [0.15, 0.2) is 11.5 Å². The highest BCUT2D eigenvalue weighted by Crippen LogP contribution is 2.33. The van der Waals surface area contributed by atoms with Crippen molar-refractivity contribution in [3.05, 3.63) is 17.7 Å². The van der Waals surface area contributed by atoms with Crippen LogP contribution in [0.4, 0.5) is 10.5 Å². The van der Waals surface area contributed by atoms with Crippen molar-refractivity contribution in [1.82, 2.24) is 5.32 Å². The van der Waals surface area contributed by atoms with Gasteiger partial charge in [-0.1, -0.05) is 0 Å². The van der Waals surface area contributed by atoms with Crippen molar-refractivity contribution in [1.29, 1.82) is 0 Å². The number of carbonyl (C=O) groups is 3. The summed E-state index contributed by atoms with van der Waals surface area (Å²) >= 11 is 0. The summed E-state index contributed by atoms with van der Waals surface area (Å²) in [5.74, 6) is 0.182. The molecule has 0 aromatic heterocycles. The van der Waals surface area contributed by atoms with Gasteiger partial charge < -0.3 is 30.0 Å². The fourth-order valence-electron chi connectivity index (χ4n) is 2.03. The van der Waals surface area contributed by atoms with E-state index in [1.165, 1.54) is 19.2 Å². The molecule has 0 saturated heterocycles. The van der Waals surface area contributed by atoms with E-state index >= 15 is 0 Å². The maximum absolute atomic E-state index is 11.6. The lowest BCUT2D eigenvalue weighted by Crippen LogP contribution is -2.33. The molecule has 9 heteroatoms. The molecule has 0 fully saturated rings. The number of carboxylic acids is 1. The van der Waals surface area contributed by atoms with E-state index in [9.17, 15) is 19.5 Å². The molecule has 1 aromatic carbocycles. The van der Waals surface area contributed by atoms with Crippen LogP contribution in [0, 0.1) is 12.3 Å². The zero-order valence-corrected chi connectivity index (χ0v) is 16.3. The molecule has 3 N–H and O–H groups in total. The average Bonchev–Trinajstić information content (AvgIpc) is 2.59. The molecule has 0 heterocycles. The second-order valence-corrected chi connectivity index (χ2v) is 6.58. The largest absolute Gasteiger partial charge is 0.493 e. The van der Waals surface area contributed by atoms with Gasteiger partial charge in [0.1, 0.15) is 5.60 Å². The lowest BCUT2D eigenvalue weighted by atomic mass is 10.1. The zero-order chi connectivity index (χ0) is 21.3. The average molecular weight is 392 g/mol. The predicted molar refractivity (Wildman–Crippen MR) is 102 cm³/mol. The second kappa shape index (κ2) is 10.1. The molecule has 0 spiro atoms. The van der Waals surface area contributed by atoms with E-state index in [1.54, 1.807) is 20.8 Å².